The maximum absolute atomic E-state index is 12.6. The Kier molecular flexibility index (Phi) is 9.20. The van der Waals surface area contributed by atoms with E-state index in [4.69, 9.17) is 17.5 Å². The second kappa shape index (κ2) is 13.0. The summed E-state index contributed by atoms with van der Waals surface area (Å²) < 4.78 is 31.6. The monoisotopic (exact) mass is 568 g/mol. The van der Waals surface area contributed by atoms with Crippen LogP contribution in [0.2, 0.25) is 0 Å². The summed E-state index contributed by atoms with van der Waals surface area (Å²) in [7, 11) is -4.67. The van der Waals surface area contributed by atoms with Gasteiger partial charge in [0.15, 0.2) is 0 Å². The van der Waals surface area contributed by atoms with Gasteiger partial charge in [0.1, 0.15) is 0 Å². The van der Waals surface area contributed by atoms with E-state index in [9.17, 15) is 4.79 Å². The number of amides is 1. The van der Waals surface area contributed by atoms with Gasteiger partial charge in [-0.25, -0.2) is 5.43 Å². The standard InChI is InChI=1S/C31H26N4O.H2O4S/c1-21(26-13-11-23-7-3-5-9-28(23)19-26)32-34-30-17-15-25(16-18-30)31(36)35-33-22(2)27-14-12-24-8-4-6-10-29(24)20-27;1-5(2,3)4/h3-20,34H,1-2H3,(H,35,36);(H2,1,2,3,4)/b32-21-,33-22-;. The van der Waals surface area contributed by atoms with Crippen LogP contribution in [-0.2, 0) is 10.4 Å². The summed E-state index contributed by atoms with van der Waals surface area (Å²) in [5.74, 6) is -0.266. The molecule has 0 aliphatic carbocycles. The van der Waals surface area contributed by atoms with E-state index in [1.54, 1.807) is 12.1 Å². The van der Waals surface area contributed by atoms with Gasteiger partial charge in [-0.2, -0.15) is 18.6 Å². The van der Waals surface area contributed by atoms with E-state index in [0.29, 0.717) is 5.56 Å². The van der Waals surface area contributed by atoms with E-state index in [0.717, 1.165) is 33.6 Å². The Morgan fingerprint density at radius 2 is 1.02 bits per heavy atom. The molecule has 9 nitrogen and oxygen atoms in total. The van der Waals surface area contributed by atoms with Crippen LogP contribution in [0.4, 0.5) is 5.69 Å². The summed E-state index contributed by atoms with van der Waals surface area (Å²) in [6.45, 7) is 3.85. The van der Waals surface area contributed by atoms with Crippen molar-refractivity contribution in [2.24, 2.45) is 10.2 Å². The lowest BCUT2D eigenvalue weighted by Gasteiger charge is -2.07. The maximum atomic E-state index is 12.6. The highest BCUT2D eigenvalue weighted by Gasteiger charge is 2.06. The fraction of sp³-hybridized carbons (Fsp3) is 0.0645. The van der Waals surface area contributed by atoms with Crippen LogP contribution in [0.3, 0.4) is 0 Å². The van der Waals surface area contributed by atoms with E-state index in [1.165, 1.54) is 16.2 Å². The molecule has 0 aliphatic rings. The Balaban J connectivity index is 0.000000714. The molecule has 4 N–H and O–H groups in total. The Morgan fingerprint density at radius 3 is 1.51 bits per heavy atom. The molecule has 1 amide bonds. The molecular weight excluding hydrogens is 540 g/mol. The molecule has 0 aliphatic heterocycles. The minimum Gasteiger partial charge on any atom is -0.278 e. The highest BCUT2D eigenvalue weighted by atomic mass is 32.3. The van der Waals surface area contributed by atoms with Crippen LogP contribution in [0, 0.1) is 0 Å². The smallest absolute Gasteiger partial charge is 0.278 e. The fourth-order valence-electron chi connectivity index (χ4n) is 4.00. The number of carbonyl (C=O) groups is 1. The van der Waals surface area contributed by atoms with Crippen molar-refractivity contribution in [2.45, 2.75) is 13.8 Å². The molecule has 0 unspecified atom stereocenters. The van der Waals surface area contributed by atoms with E-state index in [2.05, 4.69) is 75.7 Å². The van der Waals surface area contributed by atoms with Crippen molar-refractivity contribution in [3.05, 3.63) is 126 Å². The van der Waals surface area contributed by atoms with Gasteiger partial charge < -0.3 is 0 Å². The van der Waals surface area contributed by atoms with Crippen LogP contribution < -0.4 is 10.9 Å². The minimum absolute atomic E-state index is 0.266. The van der Waals surface area contributed by atoms with Crippen LogP contribution in [0.25, 0.3) is 21.5 Å². The number of hydrazone groups is 2. The fourth-order valence-corrected chi connectivity index (χ4v) is 4.00. The topological polar surface area (TPSA) is 140 Å². The van der Waals surface area contributed by atoms with Crippen molar-refractivity contribution < 1.29 is 22.3 Å². The Bertz CT molecular complexity index is 1860. The molecule has 0 radical (unpaired) electrons. The molecule has 5 aromatic rings. The molecule has 10 heteroatoms. The largest absolute Gasteiger partial charge is 0.394 e. The van der Waals surface area contributed by atoms with E-state index < -0.39 is 10.4 Å². The van der Waals surface area contributed by atoms with Gasteiger partial charge in [0.25, 0.3) is 5.91 Å². The van der Waals surface area contributed by atoms with Crippen LogP contribution in [0.15, 0.2) is 119 Å². The summed E-state index contributed by atoms with van der Waals surface area (Å²) in [4.78, 5) is 12.6. The second-order valence-corrected chi connectivity index (χ2v) is 9.99. The Morgan fingerprint density at radius 1 is 0.610 bits per heavy atom. The molecule has 5 aromatic carbocycles. The molecule has 0 saturated carbocycles. The number of carbonyl (C=O) groups excluding carboxylic acids is 1. The summed E-state index contributed by atoms with van der Waals surface area (Å²) >= 11 is 0. The molecule has 208 valence electrons. The first-order chi connectivity index (χ1) is 19.6. The van der Waals surface area contributed by atoms with Gasteiger partial charge in [-0.15, -0.1) is 0 Å². The molecule has 5 rings (SSSR count). The quantitative estimate of drug-likeness (QED) is 0.107. The van der Waals surface area contributed by atoms with Crippen molar-refractivity contribution in [1.29, 1.82) is 0 Å². The first-order valence-corrected chi connectivity index (χ1v) is 13.9. The third-order valence-corrected chi connectivity index (χ3v) is 6.16. The average molecular weight is 569 g/mol. The molecule has 0 atom stereocenters. The van der Waals surface area contributed by atoms with Crippen LogP contribution in [0.1, 0.15) is 35.3 Å². The molecule has 0 bridgehead atoms. The molecule has 41 heavy (non-hydrogen) atoms. The molecule has 0 saturated heterocycles. The number of rotatable bonds is 6. The first-order valence-electron chi connectivity index (χ1n) is 12.5. The zero-order valence-corrected chi connectivity index (χ0v) is 23.1. The number of hydrogen-bond donors (Lipinski definition) is 4. The zero-order valence-electron chi connectivity index (χ0n) is 22.3. The van der Waals surface area contributed by atoms with Gasteiger partial charge in [0.2, 0.25) is 0 Å². The van der Waals surface area contributed by atoms with E-state index >= 15 is 0 Å². The van der Waals surface area contributed by atoms with Crippen molar-refractivity contribution >= 4 is 55.0 Å². The first kappa shape index (κ1) is 29.1. The van der Waals surface area contributed by atoms with Crippen LogP contribution in [0.5, 0.6) is 0 Å². The normalized spacial score (nSPS) is 12.0. The molecule has 0 spiro atoms. The second-order valence-electron chi connectivity index (χ2n) is 9.10. The third kappa shape index (κ3) is 8.54. The maximum Gasteiger partial charge on any atom is 0.394 e. The van der Waals surface area contributed by atoms with Gasteiger partial charge in [0.05, 0.1) is 17.1 Å². The molecule has 0 fully saturated rings. The van der Waals surface area contributed by atoms with Crippen molar-refractivity contribution in [3.63, 3.8) is 0 Å². The van der Waals surface area contributed by atoms with Gasteiger partial charge >= 0.3 is 10.4 Å². The van der Waals surface area contributed by atoms with Gasteiger partial charge in [0, 0.05) is 5.56 Å². The summed E-state index contributed by atoms with van der Waals surface area (Å²) in [5.41, 5.74) is 10.7. The van der Waals surface area contributed by atoms with E-state index in [1.807, 2.05) is 56.3 Å². The zero-order chi connectivity index (χ0) is 29.4. The number of benzene rings is 5. The van der Waals surface area contributed by atoms with Gasteiger partial charge in [-0.3, -0.25) is 19.3 Å². The molecular formula is C31H28N4O5S. The number of fused-ring (bicyclic) bond motifs is 2. The lowest BCUT2D eigenvalue weighted by atomic mass is 10.0. The summed E-state index contributed by atoms with van der Waals surface area (Å²) in [6.07, 6.45) is 0. The number of anilines is 1. The van der Waals surface area contributed by atoms with E-state index in [-0.39, 0.29) is 5.91 Å². The minimum atomic E-state index is -4.67. The number of nitrogens with zero attached hydrogens (tertiary/aromatic N) is 2. The SMILES string of the molecule is C/C(=N/NC(=O)c1ccc(N/N=C(/C)c2ccc3ccccc3c2)cc1)c1ccc2ccccc2c1.O=S(=O)(O)O. The molecule has 0 heterocycles. The number of hydrogen-bond acceptors (Lipinski definition) is 6. The third-order valence-electron chi connectivity index (χ3n) is 6.16. The Hall–Kier alpha value is -4.90. The van der Waals surface area contributed by atoms with Crippen molar-refractivity contribution in [1.82, 2.24) is 5.43 Å². The van der Waals surface area contributed by atoms with Crippen molar-refractivity contribution in [2.75, 3.05) is 5.43 Å². The summed E-state index contributed by atoms with van der Waals surface area (Å²) in [5, 5.41) is 13.5. The summed E-state index contributed by atoms with van der Waals surface area (Å²) in [6, 6.07) is 36.0. The average Bonchev–Trinajstić information content (AvgIpc) is 2.97. The molecule has 0 aromatic heterocycles. The highest BCUT2D eigenvalue weighted by Crippen LogP contribution is 2.18. The van der Waals surface area contributed by atoms with Crippen molar-refractivity contribution in [3.8, 4) is 0 Å². The van der Waals surface area contributed by atoms with Gasteiger partial charge in [-0.1, -0.05) is 72.8 Å². The lowest BCUT2D eigenvalue weighted by Crippen LogP contribution is -2.19. The van der Waals surface area contributed by atoms with Crippen LogP contribution in [-0.4, -0.2) is 34.9 Å². The Labute approximate surface area is 237 Å². The predicted octanol–water partition coefficient (Wildman–Crippen LogP) is 6.33. The highest BCUT2D eigenvalue weighted by molar-refractivity contribution is 7.79. The van der Waals surface area contributed by atoms with Crippen LogP contribution >= 0.6 is 0 Å². The lowest BCUT2D eigenvalue weighted by molar-refractivity contribution is 0.0955. The number of nitrogens with one attached hydrogen (secondary N) is 2. The van der Waals surface area contributed by atoms with Gasteiger partial charge in [-0.05, 0) is 82.9 Å². The predicted molar refractivity (Wildman–Crippen MR) is 164 cm³/mol.